The molecule has 0 amide bonds. The van der Waals surface area contributed by atoms with Gasteiger partial charge in [-0.2, -0.15) is 0 Å². The molecule has 0 aliphatic rings. The molecule has 27 heavy (non-hydrogen) atoms. The number of benzene rings is 2. The van der Waals surface area contributed by atoms with Crippen LogP contribution in [0.3, 0.4) is 0 Å². The van der Waals surface area contributed by atoms with Crippen LogP contribution in [-0.2, 0) is 13.2 Å². The lowest BCUT2D eigenvalue weighted by Gasteiger charge is -2.18. The standard InChI is InChI=1S/C20H24BrClFNO3/c1-3-16(11-25)24-10-13-7-17(21)20(19(8-13)26-4-2)27-12-14-5-6-15(23)9-18(14)22/h5-9,16,24-25H,3-4,10-12H2,1-2H3/t16-/m1/s1. The summed E-state index contributed by atoms with van der Waals surface area (Å²) in [5.41, 5.74) is 1.69. The molecule has 0 bridgehead atoms. The number of ether oxygens (including phenoxy) is 2. The molecule has 0 aliphatic heterocycles. The molecular weight excluding hydrogens is 437 g/mol. The van der Waals surface area contributed by atoms with Crippen molar-refractivity contribution in [3.05, 3.63) is 56.8 Å². The van der Waals surface area contributed by atoms with E-state index >= 15 is 0 Å². The van der Waals surface area contributed by atoms with Crippen LogP contribution in [0.1, 0.15) is 31.4 Å². The van der Waals surface area contributed by atoms with E-state index in [0.717, 1.165) is 16.5 Å². The molecule has 0 saturated heterocycles. The fraction of sp³-hybridized carbons (Fsp3) is 0.400. The third kappa shape index (κ3) is 6.35. The number of nitrogens with one attached hydrogen (secondary N) is 1. The first kappa shape index (κ1) is 22.0. The van der Waals surface area contributed by atoms with Gasteiger partial charge in [0.1, 0.15) is 12.4 Å². The average Bonchev–Trinajstić information content (AvgIpc) is 2.63. The van der Waals surface area contributed by atoms with E-state index in [1.54, 1.807) is 6.07 Å². The summed E-state index contributed by atoms with van der Waals surface area (Å²) in [5, 5.41) is 12.9. The van der Waals surface area contributed by atoms with Gasteiger partial charge in [-0.1, -0.05) is 24.6 Å². The lowest BCUT2D eigenvalue weighted by Crippen LogP contribution is -2.31. The van der Waals surface area contributed by atoms with Crippen molar-refractivity contribution in [2.45, 2.75) is 39.5 Å². The van der Waals surface area contributed by atoms with Crippen molar-refractivity contribution in [2.24, 2.45) is 0 Å². The van der Waals surface area contributed by atoms with Crippen molar-refractivity contribution < 1.29 is 19.0 Å². The topological polar surface area (TPSA) is 50.7 Å². The number of halogens is 3. The summed E-state index contributed by atoms with van der Waals surface area (Å²) >= 11 is 9.61. The van der Waals surface area contributed by atoms with Gasteiger partial charge in [-0.05, 0) is 59.1 Å². The summed E-state index contributed by atoms with van der Waals surface area (Å²) < 4.78 is 25.6. The third-order valence-corrected chi connectivity index (χ3v) is 5.01. The van der Waals surface area contributed by atoms with Crippen molar-refractivity contribution in [3.63, 3.8) is 0 Å². The van der Waals surface area contributed by atoms with E-state index in [1.807, 2.05) is 26.0 Å². The van der Waals surface area contributed by atoms with Crippen LogP contribution >= 0.6 is 27.5 Å². The van der Waals surface area contributed by atoms with E-state index < -0.39 is 0 Å². The van der Waals surface area contributed by atoms with Crippen LogP contribution in [0.4, 0.5) is 4.39 Å². The largest absolute Gasteiger partial charge is 0.490 e. The zero-order valence-corrected chi connectivity index (χ0v) is 17.7. The number of aliphatic hydroxyl groups excluding tert-OH is 1. The average molecular weight is 461 g/mol. The van der Waals surface area contributed by atoms with E-state index in [2.05, 4.69) is 21.2 Å². The van der Waals surface area contributed by atoms with Crippen LogP contribution in [0.15, 0.2) is 34.8 Å². The van der Waals surface area contributed by atoms with Crippen molar-refractivity contribution in [1.82, 2.24) is 5.32 Å². The summed E-state index contributed by atoms with van der Waals surface area (Å²) in [6, 6.07) is 8.12. The maximum atomic E-state index is 13.2. The van der Waals surface area contributed by atoms with Crippen molar-refractivity contribution in [2.75, 3.05) is 13.2 Å². The number of hydrogen-bond donors (Lipinski definition) is 2. The summed E-state index contributed by atoms with van der Waals surface area (Å²) in [6.07, 6.45) is 0.843. The first-order chi connectivity index (χ1) is 13.0. The Bertz CT molecular complexity index is 756. The minimum absolute atomic E-state index is 0.0517. The van der Waals surface area contributed by atoms with Gasteiger partial charge >= 0.3 is 0 Å². The molecule has 0 heterocycles. The Kier molecular flexibility index (Phi) is 8.83. The first-order valence-corrected chi connectivity index (χ1v) is 10.0. The Morgan fingerprint density at radius 1 is 1.22 bits per heavy atom. The van der Waals surface area contributed by atoms with Crippen molar-refractivity contribution in [1.29, 1.82) is 0 Å². The van der Waals surface area contributed by atoms with Crippen molar-refractivity contribution >= 4 is 27.5 Å². The fourth-order valence-corrected chi connectivity index (χ4v) is 3.34. The van der Waals surface area contributed by atoms with E-state index in [9.17, 15) is 9.50 Å². The van der Waals surface area contributed by atoms with Gasteiger partial charge < -0.3 is 19.9 Å². The minimum Gasteiger partial charge on any atom is -0.490 e. The van der Waals surface area contributed by atoms with Crippen LogP contribution in [0.25, 0.3) is 0 Å². The van der Waals surface area contributed by atoms with Gasteiger partial charge in [0.25, 0.3) is 0 Å². The minimum atomic E-state index is -0.384. The molecule has 0 fully saturated rings. The highest BCUT2D eigenvalue weighted by Gasteiger charge is 2.14. The molecule has 2 rings (SSSR count). The molecule has 2 N–H and O–H groups in total. The maximum Gasteiger partial charge on any atom is 0.175 e. The Morgan fingerprint density at radius 2 is 2.00 bits per heavy atom. The van der Waals surface area contributed by atoms with Gasteiger partial charge in [-0.15, -0.1) is 0 Å². The molecule has 1 atom stereocenters. The SMILES string of the molecule is CCOc1cc(CN[C@H](CC)CO)cc(Br)c1OCc1ccc(F)cc1Cl. The zero-order valence-electron chi connectivity index (χ0n) is 15.4. The molecular formula is C20H24BrClFNO3. The molecule has 0 spiro atoms. The highest BCUT2D eigenvalue weighted by Crippen LogP contribution is 2.38. The second kappa shape index (κ2) is 10.9. The molecule has 4 nitrogen and oxygen atoms in total. The predicted octanol–water partition coefficient (Wildman–Crippen LogP) is 5.08. The first-order valence-electron chi connectivity index (χ1n) is 8.84. The smallest absolute Gasteiger partial charge is 0.175 e. The monoisotopic (exact) mass is 459 g/mol. The van der Waals surface area contributed by atoms with Crippen LogP contribution in [0, 0.1) is 5.82 Å². The molecule has 0 saturated carbocycles. The van der Waals surface area contributed by atoms with Crippen LogP contribution in [0.2, 0.25) is 5.02 Å². The number of hydrogen-bond acceptors (Lipinski definition) is 4. The van der Waals surface area contributed by atoms with Crippen LogP contribution in [-0.4, -0.2) is 24.4 Å². The van der Waals surface area contributed by atoms with Gasteiger partial charge in [-0.25, -0.2) is 4.39 Å². The zero-order chi connectivity index (χ0) is 19.8. The second-order valence-electron chi connectivity index (χ2n) is 6.03. The fourth-order valence-electron chi connectivity index (χ4n) is 2.52. The Balaban J connectivity index is 2.17. The lowest BCUT2D eigenvalue weighted by atomic mass is 10.1. The molecule has 0 unspecified atom stereocenters. The summed E-state index contributed by atoms with van der Waals surface area (Å²) in [5.74, 6) is 0.791. The predicted molar refractivity (Wildman–Crippen MR) is 109 cm³/mol. The molecule has 2 aromatic rings. The number of rotatable bonds is 10. The second-order valence-corrected chi connectivity index (χ2v) is 7.29. The van der Waals surface area contributed by atoms with Gasteiger partial charge in [0, 0.05) is 18.2 Å². The normalized spacial score (nSPS) is 12.1. The van der Waals surface area contributed by atoms with Crippen molar-refractivity contribution in [3.8, 4) is 11.5 Å². The summed E-state index contributed by atoms with van der Waals surface area (Å²) in [4.78, 5) is 0. The van der Waals surface area contributed by atoms with E-state index in [-0.39, 0.29) is 25.1 Å². The van der Waals surface area contributed by atoms with E-state index in [4.69, 9.17) is 21.1 Å². The third-order valence-electron chi connectivity index (χ3n) is 4.06. The Morgan fingerprint density at radius 3 is 2.63 bits per heavy atom. The highest BCUT2D eigenvalue weighted by molar-refractivity contribution is 9.10. The van der Waals surface area contributed by atoms with E-state index in [1.165, 1.54) is 12.1 Å². The van der Waals surface area contributed by atoms with Gasteiger partial charge in [0.05, 0.1) is 22.7 Å². The summed E-state index contributed by atoms with van der Waals surface area (Å²) in [6.45, 7) is 5.30. The quantitative estimate of drug-likeness (QED) is 0.519. The highest BCUT2D eigenvalue weighted by atomic mass is 79.9. The van der Waals surface area contributed by atoms with Gasteiger partial charge in [-0.3, -0.25) is 0 Å². The number of aliphatic hydroxyl groups is 1. The van der Waals surface area contributed by atoms with Gasteiger partial charge in [0.15, 0.2) is 11.5 Å². The molecule has 0 aromatic heterocycles. The molecule has 2 aromatic carbocycles. The molecule has 7 heteroatoms. The Labute approximate surface area is 172 Å². The molecule has 148 valence electrons. The van der Waals surface area contributed by atoms with Crippen LogP contribution in [0.5, 0.6) is 11.5 Å². The van der Waals surface area contributed by atoms with Gasteiger partial charge in [0.2, 0.25) is 0 Å². The molecule has 0 radical (unpaired) electrons. The Hall–Kier alpha value is -1.34. The molecule has 0 aliphatic carbocycles. The van der Waals surface area contributed by atoms with E-state index in [0.29, 0.717) is 35.2 Å². The van der Waals surface area contributed by atoms with Crippen LogP contribution < -0.4 is 14.8 Å². The summed E-state index contributed by atoms with van der Waals surface area (Å²) in [7, 11) is 0. The lowest BCUT2D eigenvalue weighted by molar-refractivity contribution is 0.238. The maximum absolute atomic E-state index is 13.2.